The van der Waals surface area contributed by atoms with Crippen LogP contribution in [0.5, 0.6) is 0 Å². The standard InChI is InChI=1S/C22H42N4O4/c1-21(2,17-25-7-11-29-12-8-25)15-23(5)19(27)20(28)24(6)16-22(3,4)18-26-9-13-30-14-10-26/h7-18H2,1-6H3. The SMILES string of the molecule is CN(CC(C)(C)CN1CCOCC1)C(=O)C(=O)N(C)CC(C)(C)CN1CCOCC1. The summed E-state index contributed by atoms with van der Waals surface area (Å²) in [6.07, 6.45) is 0. The van der Waals surface area contributed by atoms with Gasteiger partial charge >= 0.3 is 11.8 Å². The van der Waals surface area contributed by atoms with Crippen molar-refractivity contribution in [3.63, 3.8) is 0 Å². The van der Waals surface area contributed by atoms with Crippen LogP contribution in [0, 0.1) is 10.8 Å². The lowest BCUT2D eigenvalue weighted by atomic mass is 9.91. The van der Waals surface area contributed by atoms with Crippen molar-refractivity contribution < 1.29 is 19.1 Å². The number of amides is 2. The van der Waals surface area contributed by atoms with Crippen molar-refractivity contribution in [1.82, 2.24) is 19.6 Å². The highest BCUT2D eigenvalue weighted by atomic mass is 16.5. The van der Waals surface area contributed by atoms with Gasteiger partial charge in [0.15, 0.2) is 0 Å². The summed E-state index contributed by atoms with van der Waals surface area (Å²) >= 11 is 0. The van der Waals surface area contributed by atoms with E-state index in [0.717, 1.165) is 65.7 Å². The number of hydrogen-bond donors (Lipinski definition) is 0. The average molecular weight is 427 g/mol. The molecular formula is C22H42N4O4. The molecule has 2 aliphatic heterocycles. The molecule has 2 amide bonds. The normalized spacial score (nSPS) is 19.5. The number of carbonyl (C=O) groups excluding carboxylic acids is 2. The van der Waals surface area contributed by atoms with Gasteiger partial charge in [0.25, 0.3) is 0 Å². The molecule has 0 radical (unpaired) electrons. The van der Waals surface area contributed by atoms with E-state index >= 15 is 0 Å². The third-order valence-electron chi connectivity index (χ3n) is 5.72. The van der Waals surface area contributed by atoms with Crippen LogP contribution < -0.4 is 0 Å². The second-order valence-corrected chi connectivity index (χ2v) is 10.4. The summed E-state index contributed by atoms with van der Waals surface area (Å²) in [5.41, 5.74) is -0.202. The Bertz CT molecular complexity index is 519. The molecule has 2 fully saturated rings. The zero-order valence-electron chi connectivity index (χ0n) is 19.9. The maximum atomic E-state index is 12.8. The lowest BCUT2D eigenvalue weighted by Crippen LogP contribution is -2.51. The lowest BCUT2D eigenvalue weighted by Gasteiger charge is -2.38. The van der Waals surface area contributed by atoms with Gasteiger partial charge in [0.2, 0.25) is 0 Å². The third kappa shape index (κ3) is 8.13. The van der Waals surface area contributed by atoms with Crippen LogP contribution in [0.1, 0.15) is 27.7 Å². The van der Waals surface area contributed by atoms with E-state index in [1.807, 2.05) is 0 Å². The zero-order valence-corrected chi connectivity index (χ0v) is 19.9. The predicted octanol–water partition coefficient (Wildman–Crippen LogP) is 0.620. The van der Waals surface area contributed by atoms with E-state index in [1.54, 1.807) is 23.9 Å². The van der Waals surface area contributed by atoms with Crippen molar-refractivity contribution in [3.8, 4) is 0 Å². The number of ether oxygens (including phenoxy) is 2. The zero-order chi connectivity index (χ0) is 22.4. The van der Waals surface area contributed by atoms with Crippen molar-refractivity contribution in [2.75, 3.05) is 92.9 Å². The number of carbonyl (C=O) groups is 2. The fourth-order valence-corrected chi connectivity index (χ4v) is 4.58. The molecule has 0 aromatic rings. The molecule has 0 unspecified atom stereocenters. The Morgan fingerprint density at radius 1 is 0.700 bits per heavy atom. The van der Waals surface area contributed by atoms with Crippen molar-refractivity contribution >= 4 is 11.8 Å². The van der Waals surface area contributed by atoms with E-state index in [9.17, 15) is 9.59 Å². The lowest BCUT2D eigenvalue weighted by molar-refractivity contribution is -0.151. The van der Waals surface area contributed by atoms with Crippen LogP contribution in [0.4, 0.5) is 0 Å². The van der Waals surface area contributed by atoms with Crippen LogP contribution >= 0.6 is 0 Å². The molecule has 2 heterocycles. The first-order chi connectivity index (χ1) is 14.0. The Kier molecular flexibility index (Phi) is 9.09. The van der Waals surface area contributed by atoms with Crippen molar-refractivity contribution in [2.45, 2.75) is 27.7 Å². The van der Waals surface area contributed by atoms with Crippen LogP contribution in [0.15, 0.2) is 0 Å². The largest absolute Gasteiger partial charge is 0.379 e. The van der Waals surface area contributed by atoms with Gasteiger partial charge in [-0.2, -0.15) is 0 Å². The van der Waals surface area contributed by atoms with Crippen LogP contribution in [-0.2, 0) is 19.1 Å². The second-order valence-electron chi connectivity index (χ2n) is 10.4. The summed E-state index contributed by atoms with van der Waals surface area (Å²) in [5.74, 6) is -0.871. The molecule has 0 aromatic carbocycles. The summed E-state index contributed by atoms with van der Waals surface area (Å²) in [7, 11) is 3.46. The van der Waals surface area contributed by atoms with Crippen LogP contribution in [0.2, 0.25) is 0 Å². The van der Waals surface area contributed by atoms with E-state index < -0.39 is 11.8 Å². The van der Waals surface area contributed by atoms with Crippen LogP contribution in [-0.4, -0.2) is 124 Å². The van der Waals surface area contributed by atoms with E-state index in [0.29, 0.717) is 13.1 Å². The van der Waals surface area contributed by atoms with Crippen LogP contribution in [0.3, 0.4) is 0 Å². The molecule has 8 nitrogen and oxygen atoms in total. The first-order valence-corrected chi connectivity index (χ1v) is 11.1. The summed E-state index contributed by atoms with van der Waals surface area (Å²) in [6.45, 7) is 18.1. The van der Waals surface area contributed by atoms with E-state index in [1.165, 1.54) is 0 Å². The maximum Gasteiger partial charge on any atom is 0.311 e. The van der Waals surface area contributed by atoms with Crippen LogP contribution in [0.25, 0.3) is 0 Å². The first kappa shape index (κ1) is 25.0. The van der Waals surface area contributed by atoms with Gasteiger partial charge in [-0.3, -0.25) is 19.4 Å². The van der Waals surface area contributed by atoms with Gasteiger partial charge in [-0.25, -0.2) is 0 Å². The molecule has 0 saturated carbocycles. The van der Waals surface area contributed by atoms with Gasteiger partial charge in [-0.05, 0) is 10.8 Å². The highest BCUT2D eigenvalue weighted by Gasteiger charge is 2.32. The van der Waals surface area contributed by atoms with E-state index in [4.69, 9.17) is 9.47 Å². The highest BCUT2D eigenvalue weighted by Crippen LogP contribution is 2.21. The molecular weight excluding hydrogens is 384 g/mol. The fraction of sp³-hybridized carbons (Fsp3) is 0.909. The van der Waals surface area contributed by atoms with Gasteiger partial charge < -0.3 is 19.3 Å². The molecule has 2 aliphatic rings. The van der Waals surface area contributed by atoms with Crippen molar-refractivity contribution in [3.05, 3.63) is 0 Å². The Hall–Kier alpha value is -1.22. The molecule has 8 heteroatoms. The van der Waals surface area contributed by atoms with Gasteiger partial charge in [0.1, 0.15) is 0 Å². The molecule has 0 aliphatic carbocycles. The molecule has 0 atom stereocenters. The molecule has 30 heavy (non-hydrogen) atoms. The highest BCUT2D eigenvalue weighted by molar-refractivity contribution is 6.34. The Morgan fingerprint density at radius 2 is 1.00 bits per heavy atom. The smallest absolute Gasteiger partial charge is 0.311 e. The minimum absolute atomic E-state index is 0.101. The molecule has 2 saturated heterocycles. The van der Waals surface area contributed by atoms with Gasteiger partial charge in [-0.1, -0.05) is 27.7 Å². The number of nitrogens with zero attached hydrogens (tertiary/aromatic N) is 4. The average Bonchev–Trinajstić information content (AvgIpc) is 2.66. The minimum atomic E-state index is -0.435. The number of hydrogen-bond acceptors (Lipinski definition) is 6. The molecule has 0 bridgehead atoms. The van der Waals surface area contributed by atoms with Crippen molar-refractivity contribution in [2.24, 2.45) is 10.8 Å². The maximum absolute atomic E-state index is 12.8. The predicted molar refractivity (Wildman–Crippen MR) is 117 cm³/mol. The monoisotopic (exact) mass is 426 g/mol. The minimum Gasteiger partial charge on any atom is -0.379 e. The topological polar surface area (TPSA) is 65.6 Å². The van der Waals surface area contributed by atoms with Gasteiger partial charge in [0, 0.05) is 66.5 Å². The summed E-state index contributed by atoms with van der Waals surface area (Å²) in [6, 6.07) is 0. The van der Waals surface area contributed by atoms with E-state index in [2.05, 4.69) is 37.5 Å². The third-order valence-corrected chi connectivity index (χ3v) is 5.72. The summed E-state index contributed by atoms with van der Waals surface area (Å²) in [5, 5.41) is 0. The summed E-state index contributed by atoms with van der Waals surface area (Å²) < 4.78 is 10.8. The van der Waals surface area contributed by atoms with E-state index in [-0.39, 0.29) is 10.8 Å². The number of morpholine rings is 2. The Morgan fingerprint density at radius 3 is 1.30 bits per heavy atom. The quantitative estimate of drug-likeness (QED) is 0.530. The number of rotatable bonds is 8. The Balaban J connectivity index is 1.83. The molecule has 2 rings (SSSR count). The fourth-order valence-electron chi connectivity index (χ4n) is 4.58. The van der Waals surface area contributed by atoms with Crippen molar-refractivity contribution in [1.29, 1.82) is 0 Å². The second kappa shape index (κ2) is 10.9. The van der Waals surface area contributed by atoms with Gasteiger partial charge in [-0.15, -0.1) is 0 Å². The summed E-state index contributed by atoms with van der Waals surface area (Å²) in [4.78, 5) is 33.5. The molecule has 0 N–H and O–H groups in total. The molecule has 0 spiro atoms. The first-order valence-electron chi connectivity index (χ1n) is 11.1. The Labute approximate surface area is 182 Å². The van der Waals surface area contributed by atoms with Gasteiger partial charge in [0.05, 0.1) is 26.4 Å². The number of likely N-dealkylation sites (N-methyl/N-ethyl adjacent to an activating group) is 2. The molecule has 0 aromatic heterocycles. The molecule has 174 valence electrons.